The zero-order valence-electron chi connectivity index (χ0n) is 17.3. The van der Waals surface area contributed by atoms with Gasteiger partial charge in [0.2, 0.25) is 0 Å². The average molecular weight is 379 g/mol. The van der Waals surface area contributed by atoms with Gasteiger partial charge in [0, 0.05) is 0 Å². The molecule has 0 aliphatic carbocycles. The van der Waals surface area contributed by atoms with Crippen LogP contribution in [0.1, 0.15) is 63.0 Å². The zero-order chi connectivity index (χ0) is 21.0. The molecular formula is C20H29NO6. The van der Waals surface area contributed by atoms with Gasteiger partial charge in [-0.15, -0.1) is 0 Å². The van der Waals surface area contributed by atoms with Crippen LogP contribution in [0.5, 0.6) is 0 Å². The van der Waals surface area contributed by atoms with Gasteiger partial charge in [0.15, 0.2) is 0 Å². The van der Waals surface area contributed by atoms with Gasteiger partial charge in [-0.3, -0.25) is 0 Å². The minimum absolute atomic E-state index is 0.0495. The van der Waals surface area contributed by atoms with Crippen LogP contribution < -0.4 is 0 Å². The number of hydrogen-bond acceptors (Lipinski definition) is 6. The second kappa shape index (κ2) is 8.41. The molecule has 7 heteroatoms. The van der Waals surface area contributed by atoms with Gasteiger partial charge in [-0.25, -0.2) is 19.3 Å². The highest BCUT2D eigenvalue weighted by Crippen LogP contribution is 2.19. The Morgan fingerprint density at radius 3 is 1.78 bits per heavy atom. The Labute approximate surface area is 160 Å². The van der Waals surface area contributed by atoms with E-state index in [1.807, 2.05) is 0 Å². The summed E-state index contributed by atoms with van der Waals surface area (Å²) in [5, 5.41) is 0. The highest BCUT2D eigenvalue weighted by Gasteiger charge is 2.31. The number of aryl methyl sites for hydroxylation is 1. The fourth-order valence-electron chi connectivity index (χ4n) is 2.18. The average Bonchev–Trinajstić information content (AvgIpc) is 2.48. The van der Waals surface area contributed by atoms with Crippen LogP contribution in [-0.4, -0.2) is 41.4 Å². The Morgan fingerprint density at radius 2 is 1.41 bits per heavy atom. The lowest BCUT2D eigenvalue weighted by Crippen LogP contribution is -2.43. The van der Waals surface area contributed by atoms with E-state index in [1.165, 1.54) is 7.11 Å². The second-order valence-corrected chi connectivity index (χ2v) is 8.19. The maximum absolute atomic E-state index is 12.5. The summed E-state index contributed by atoms with van der Waals surface area (Å²) in [5.41, 5.74) is 0.219. The summed E-state index contributed by atoms with van der Waals surface area (Å²) in [7, 11) is 1.31. The predicted molar refractivity (Wildman–Crippen MR) is 101 cm³/mol. The Hall–Kier alpha value is -2.57. The summed E-state index contributed by atoms with van der Waals surface area (Å²) in [5.74, 6) is -0.449. The molecule has 0 spiro atoms. The Morgan fingerprint density at radius 1 is 0.926 bits per heavy atom. The van der Waals surface area contributed by atoms with Gasteiger partial charge in [0.1, 0.15) is 11.2 Å². The first-order valence-electron chi connectivity index (χ1n) is 8.65. The van der Waals surface area contributed by atoms with E-state index in [-0.39, 0.29) is 6.54 Å². The van der Waals surface area contributed by atoms with Crippen LogP contribution in [0.2, 0.25) is 0 Å². The van der Waals surface area contributed by atoms with E-state index in [0.29, 0.717) is 16.7 Å². The molecular weight excluding hydrogens is 350 g/mol. The van der Waals surface area contributed by atoms with Crippen LogP contribution in [0, 0.1) is 6.92 Å². The Bertz CT molecular complexity index is 684. The summed E-state index contributed by atoms with van der Waals surface area (Å²) in [4.78, 5) is 37.7. The molecule has 0 saturated heterocycles. The first-order valence-corrected chi connectivity index (χ1v) is 8.65. The van der Waals surface area contributed by atoms with Crippen molar-refractivity contribution in [2.75, 3.05) is 7.11 Å². The molecule has 2 amide bonds. The number of benzene rings is 1. The largest absolute Gasteiger partial charge is 0.465 e. The number of carbonyl (C=O) groups excluding carboxylic acids is 3. The predicted octanol–water partition coefficient (Wildman–Crippen LogP) is 4.45. The standard InChI is InChI=1S/C20H29NO6/c1-13-11-14(9-10-15(13)16(22)25-8)12-21(17(23)26-19(2,3)4)18(24)27-20(5,6)7/h9-11H,12H2,1-8H3. The molecule has 0 heterocycles. The number of ether oxygens (including phenoxy) is 3. The van der Waals surface area contributed by atoms with Crippen LogP contribution in [0.3, 0.4) is 0 Å². The van der Waals surface area contributed by atoms with Crippen molar-refractivity contribution < 1.29 is 28.6 Å². The van der Waals surface area contributed by atoms with E-state index >= 15 is 0 Å². The molecule has 0 aliphatic rings. The number of hydrogen-bond donors (Lipinski definition) is 0. The van der Waals surface area contributed by atoms with Crippen molar-refractivity contribution in [3.63, 3.8) is 0 Å². The second-order valence-electron chi connectivity index (χ2n) is 8.19. The summed E-state index contributed by atoms with van der Waals surface area (Å²) in [6.45, 7) is 12.0. The van der Waals surface area contributed by atoms with E-state index in [0.717, 1.165) is 4.90 Å². The van der Waals surface area contributed by atoms with Crippen molar-refractivity contribution in [1.82, 2.24) is 4.90 Å². The SMILES string of the molecule is COC(=O)c1ccc(CN(C(=O)OC(C)(C)C)C(=O)OC(C)(C)C)cc1C. The molecule has 0 unspecified atom stereocenters. The lowest BCUT2D eigenvalue weighted by atomic mass is 10.0. The Kier molecular flexibility index (Phi) is 7.00. The van der Waals surface area contributed by atoms with Crippen molar-refractivity contribution in [2.24, 2.45) is 0 Å². The van der Waals surface area contributed by atoms with E-state index < -0.39 is 29.4 Å². The maximum atomic E-state index is 12.5. The van der Waals surface area contributed by atoms with E-state index in [9.17, 15) is 14.4 Å². The number of nitrogens with zero attached hydrogens (tertiary/aromatic N) is 1. The van der Waals surface area contributed by atoms with Gasteiger partial charge in [-0.2, -0.15) is 0 Å². The zero-order valence-corrected chi connectivity index (χ0v) is 17.3. The third-order valence-electron chi connectivity index (χ3n) is 3.26. The van der Waals surface area contributed by atoms with Crippen molar-refractivity contribution in [1.29, 1.82) is 0 Å². The smallest absolute Gasteiger partial charge is 0.420 e. The van der Waals surface area contributed by atoms with Crippen LogP contribution in [-0.2, 0) is 20.8 Å². The first kappa shape index (κ1) is 22.5. The van der Waals surface area contributed by atoms with Crippen molar-refractivity contribution >= 4 is 18.2 Å². The van der Waals surface area contributed by atoms with Gasteiger partial charge in [-0.1, -0.05) is 12.1 Å². The van der Waals surface area contributed by atoms with E-state index in [4.69, 9.17) is 14.2 Å². The summed E-state index contributed by atoms with van der Waals surface area (Å²) in [6.07, 6.45) is -1.60. The normalized spacial score (nSPS) is 11.6. The lowest BCUT2D eigenvalue weighted by molar-refractivity contribution is -0.000296. The van der Waals surface area contributed by atoms with Crippen molar-refractivity contribution in [3.05, 3.63) is 34.9 Å². The molecule has 27 heavy (non-hydrogen) atoms. The lowest BCUT2D eigenvalue weighted by Gasteiger charge is -2.28. The molecule has 0 aromatic heterocycles. The number of esters is 1. The molecule has 7 nitrogen and oxygen atoms in total. The number of rotatable bonds is 3. The number of methoxy groups -OCH3 is 1. The fourth-order valence-corrected chi connectivity index (χ4v) is 2.18. The number of carbonyl (C=O) groups is 3. The molecule has 0 fully saturated rings. The highest BCUT2D eigenvalue weighted by molar-refractivity contribution is 5.91. The third-order valence-corrected chi connectivity index (χ3v) is 3.26. The van der Waals surface area contributed by atoms with Crippen LogP contribution in [0.15, 0.2) is 18.2 Å². The molecule has 0 radical (unpaired) electrons. The molecule has 0 atom stereocenters. The van der Waals surface area contributed by atoms with Crippen LogP contribution in [0.4, 0.5) is 9.59 Å². The minimum atomic E-state index is -0.800. The van der Waals surface area contributed by atoms with E-state index in [1.54, 1.807) is 66.7 Å². The van der Waals surface area contributed by atoms with Crippen molar-refractivity contribution in [2.45, 2.75) is 66.2 Å². The number of imide groups is 1. The highest BCUT2D eigenvalue weighted by atomic mass is 16.6. The third kappa shape index (κ3) is 7.29. The summed E-state index contributed by atoms with van der Waals surface area (Å²) < 4.78 is 15.4. The molecule has 1 aromatic carbocycles. The van der Waals surface area contributed by atoms with Crippen LogP contribution >= 0.6 is 0 Å². The fraction of sp³-hybridized carbons (Fsp3) is 0.550. The molecule has 0 N–H and O–H groups in total. The van der Waals surface area contributed by atoms with Crippen LogP contribution in [0.25, 0.3) is 0 Å². The topological polar surface area (TPSA) is 82.1 Å². The van der Waals surface area contributed by atoms with Crippen molar-refractivity contribution in [3.8, 4) is 0 Å². The molecule has 1 aromatic rings. The maximum Gasteiger partial charge on any atom is 0.420 e. The van der Waals surface area contributed by atoms with E-state index in [2.05, 4.69) is 0 Å². The summed E-state index contributed by atoms with van der Waals surface area (Å²) in [6, 6.07) is 4.97. The molecule has 0 saturated carbocycles. The van der Waals surface area contributed by atoms with Gasteiger partial charge in [-0.05, 0) is 65.7 Å². The summed E-state index contributed by atoms with van der Waals surface area (Å²) >= 11 is 0. The van der Waals surface area contributed by atoms with Gasteiger partial charge in [0.25, 0.3) is 0 Å². The minimum Gasteiger partial charge on any atom is -0.465 e. The molecule has 0 aliphatic heterocycles. The first-order chi connectivity index (χ1) is 12.2. The molecule has 0 bridgehead atoms. The monoisotopic (exact) mass is 379 g/mol. The number of amides is 2. The van der Waals surface area contributed by atoms with Gasteiger partial charge >= 0.3 is 18.2 Å². The molecule has 1 rings (SSSR count). The quantitative estimate of drug-likeness (QED) is 0.570. The Balaban J connectivity index is 3.13. The molecule has 150 valence electrons. The van der Waals surface area contributed by atoms with Gasteiger partial charge in [0.05, 0.1) is 19.2 Å². The van der Waals surface area contributed by atoms with Gasteiger partial charge < -0.3 is 14.2 Å².